The molecule has 1 saturated heterocycles. The Bertz CT molecular complexity index is 878. The summed E-state index contributed by atoms with van der Waals surface area (Å²) in [4.78, 5) is 29.6. The molecule has 0 spiro atoms. The molecule has 0 bridgehead atoms. The zero-order chi connectivity index (χ0) is 17.1. The van der Waals surface area contributed by atoms with Gasteiger partial charge in [-0.3, -0.25) is 9.78 Å². The van der Waals surface area contributed by atoms with Gasteiger partial charge in [-0.2, -0.15) is 0 Å². The third-order valence-electron chi connectivity index (χ3n) is 4.53. The predicted octanol–water partition coefficient (Wildman–Crippen LogP) is 2.38. The topological polar surface area (TPSA) is 62.2 Å². The molecule has 0 atom stereocenters. The molecule has 0 radical (unpaired) electrons. The number of carbonyl (C=O) groups excluding carboxylic acids is 1. The average molecular weight is 333 g/mol. The van der Waals surface area contributed by atoms with Gasteiger partial charge < -0.3 is 9.80 Å². The van der Waals surface area contributed by atoms with Crippen LogP contribution in [0.5, 0.6) is 0 Å². The summed E-state index contributed by atoms with van der Waals surface area (Å²) in [5.41, 5.74) is 1.64. The highest BCUT2D eigenvalue weighted by atomic mass is 16.2. The van der Waals surface area contributed by atoms with Crippen LogP contribution >= 0.6 is 0 Å². The number of benzene rings is 1. The van der Waals surface area contributed by atoms with Gasteiger partial charge in [0.25, 0.3) is 5.91 Å². The van der Waals surface area contributed by atoms with Crippen LogP contribution in [-0.2, 0) is 0 Å². The molecule has 1 aromatic carbocycles. The number of amides is 1. The second-order valence-corrected chi connectivity index (χ2v) is 6.08. The largest absolute Gasteiger partial charge is 0.354 e. The summed E-state index contributed by atoms with van der Waals surface area (Å²) in [5, 5.41) is 1.05. The first-order valence-corrected chi connectivity index (χ1v) is 8.47. The van der Waals surface area contributed by atoms with E-state index in [1.165, 1.54) is 0 Å². The molecule has 0 unspecified atom stereocenters. The fraction of sp³-hybridized carbons (Fsp3) is 0.263. The Morgan fingerprint density at radius 1 is 0.920 bits per heavy atom. The minimum atomic E-state index is 0.0665. The summed E-state index contributed by atoms with van der Waals surface area (Å²) in [5.74, 6) is 1.01. The standard InChI is InChI=1S/C19H19N5O/c25-19(15-6-8-20-9-7-15)24-11-3-10-23(12-13-24)18-16-4-1-2-5-17(16)21-14-22-18/h1-2,4-9,14H,3,10-13H2. The summed E-state index contributed by atoms with van der Waals surface area (Å²) < 4.78 is 0. The molecule has 2 aromatic heterocycles. The molecule has 126 valence electrons. The highest BCUT2D eigenvalue weighted by Crippen LogP contribution is 2.23. The molecule has 0 N–H and O–H groups in total. The Labute approximate surface area is 146 Å². The molecule has 4 rings (SSSR count). The quantitative estimate of drug-likeness (QED) is 0.720. The smallest absolute Gasteiger partial charge is 0.254 e. The lowest BCUT2D eigenvalue weighted by molar-refractivity contribution is 0.0767. The Morgan fingerprint density at radius 2 is 1.76 bits per heavy atom. The minimum Gasteiger partial charge on any atom is -0.354 e. The second-order valence-electron chi connectivity index (χ2n) is 6.08. The SMILES string of the molecule is O=C(c1ccncc1)N1CCCN(c2ncnc3ccccc23)CC1. The Kier molecular flexibility index (Phi) is 4.24. The molecule has 1 aliphatic rings. The van der Waals surface area contributed by atoms with E-state index in [0.717, 1.165) is 42.8 Å². The number of carbonyl (C=O) groups is 1. The number of nitrogens with zero attached hydrogens (tertiary/aromatic N) is 5. The summed E-state index contributed by atoms with van der Waals surface area (Å²) >= 11 is 0. The van der Waals surface area contributed by atoms with Crippen LogP contribution in [0.2, 0.25) is 0 Å². The molecular weight excluding hydrogens is 314 g/mol. The number of pyridine rings is 1. The van der Waals surface area contributed by atoms with E-state index in [1.54, 1.807) is 30.9 Å². The predicted molar refractivity (Wildman–Crippen MR) is 96.5 cm³/mol. The van der Waals surface area contributed by atoms with E-state index in [9.17, 15) is 4.79 Å². The van der Waals surface area contributed by atoms with Gasteiger partial charge in [-0.1, -0.05) is 12.1 Å². The van der Waals surface area contributed by atoms with Crippen molar-refractivity contribution < 1.29 is 4.79 Å². The maximum atomic E-state index is 12.7. The second kappa shape index (κ2) is 6.84. The first-order valence-electron chi connectivity index (χ1n) is 8.47. The van der Waals surface area contributed by atoms with Gasteiger partial charge in [0.05, 0.1) is 5.52 Å². The molecule has 6 heteroatoms. The number of rotatable bonds is 2. The highest BCUT2D eigenvalue weighted by Gasteiger charge is 2.21. The monoisotopic (exact) mass is 333 g/mol. The fourth-order valence-corrected chi connectivity index (χ4v) is 3.25. The van der Waals surface area contributed by atoms with E-state index in [4.69, 9.17) is 0 Å². The number of anilines is 1. The number of para-hydroxylation sites is 1. The lowest BCUT2D eigenvalue weighted by atomic mass is 10.2. The van der Waals surface area contributed by atoms with E-state index < -0.39 is 0 Å². The van der Waals surface area contributed by atoms with Crippen LogP contribution in [0.1, 0.15) is 16.8 Å². The molecule has 1 aliphatic heterocycles. The molecule has 1 fully saturated rings. The van der Waals surface area contributed by atoms with Crippen LogP contribution in [0.3, 0.4) is 0 Å². The van der Waals surface area contributed by atoms with Crippen LogP contribution in [-0.4, -0.2) is 51.9 Å². The van der Waals surface area contributed by atoms with E-state index in [2.05, 4.69) is 25.9 Å². The lowest BCUT2D eigenvalue weighted by Crippen LogP contribution is -2.35. The van der Waals surface area contributed by atoms with Gasteiger partial charge in [0.2, 0.25) is 0 Å². The van der Waals surface area contributed by atoms with Crippen molar-refractivity contribution >= 4 is 22.6 Å². The van der Waals surface area contributed by atoms with Gasteiger partial charge in [-0.25, -0.2) is 9.97 Å². The third-order valence-corrected chi connectivity index (χ3v) is 4.53. The minimum absolute atomic E-state index is 0.0665. The normalized spacial score (nSPS) is 15.2. The first kappa shape index (κ1) is 15.5. The first-order chi connectivity index (χ1) is 12.3. The van der Waals surface area contributed by atoms with Crippen molar-refractivity contribution in [3.63, 3.8) is 0 Å². The highest BCUT2D eigenvalue weighted by molar-refractivity contribution is 5.94. The Hall–Kier alpha value is -3.02. The van der Waals surface area contributed by atoms with E-state index in [-0.39, 0.29) is 5.91 Å². The zero-order valence-corrected chi connectivity index (χ0v) is 13.9. The molecule has 25 heavy (non-hydrogen) atoms. The maximum Gasteiger partial charge on any atom is 0.254 e. The Balaban J connectivity index is 1.54. The number of fused-ring (bicyclic) bond motifs is 1. The van der Waals surface area contributed by atoms with Crippen molar-refractivity contribution in [2.45, 2.75) is 6.42 Å². The van der Waals surface area contributed by atoms with E-state index in [0.29, 0.717) is 12.1 Å². The van der Waals surface area contributed by atoms with Gasteiger partial charge >= 0.3 is 0 Å². The van der Waals surface area contributed by atoms with Gasteiger partial charge in [0.15, 0.2) is 0 Å². The van der Waals surface area contributed by atoms with Crippen LogP contribution in [0, 0.1) is 0 Å². The molecule has 6 nitrogen and oxygen atoms in total. The van der Waals surface area contributed by atoms with Gasteiger partial charge in [0.1, 0.15) is 12.1 Å². The summed E-state index contributed by atoms with van der Waals surface area (Å²) in [6.45, 7) is 3.07. The van der Waals surface area contributed by atoms with Crippen molar-refractivity contribution in [2.75, 3.05) is 31.1 Å². The summed E-state index contributed by atoms with van der Waals surface area (Å²) in [6.07, 6.45) is 5.84. The van der Waals surface area contributed by atoms with Crippen molar-refractivity contribution in [1.82, 2.24) is 19.9 Å². The van der Waals surface area contributed by atoms with Crippen LogP contribution in [0.25, 0.3) is 10.9 Å². The van der Waals surface area contributed by atoms with Crippen molar-refractivity contribution in [3.8, 4) is 0 Å². The molecule has 0 saturated carbocycles. The third kappa shape index (κ3) is 3.15. The zero-order valence-electron chi connectivity index (χ0n) is 13.9. The molecule has 3 heterocycles. The van der Waals surface area contributed by atoms with Crippen molar-refractivity contribution in [3.05, 3.63) is 60.7 Å². The van der Waals surface area contributed by atoms with Gasteiger partial charge in [-0.05, 0) is 30.7 Å². The number of hydrogen-bond donors (Lipinski definition) is 0. The maximum absolute atomic E-state index is 12.7. The van der Waals surface area contributed by atoms with E-state index >= 15 is 0 Å². The van der Waals surface area contributed by atoms with Gasteiger partial charge in [-0.15, -0.1) is 0 Å². The molecule has 1 amide bonds. The lowest BCUT2D eigenvalue weighted by Gasteiger charge is -2.23. The van der Waals surface area contributed by atoms with Gasteiger partial charge in [0, 0.05) is 49.5 Å². The number of hydrogen-bond acceptors (Lipinski definition) is 5. The molecule has 3 aromatic rings. The van der Waals surface area contributed by atoms with Crippen LogP contribution in [0.15, 0.2) is 55.1 Å². The van der Waals surface area contributed by atoms with Crippen LogP contribution in [0.4, 0.5) is 5.82 Å². The number of aromatic nitrogens is 3. The summed E-state index contributed by atoms with van der Waals surface area (Å²) in [6, 6.07) is 11.6. The van der Waals surface area contributed by atoms with Crippen molar-refractivity contribution in [2.24, 2.45) is 0 Å². The summed E-state index contributed by atoms with van der Waals surface area (Å²) in [7, 11) is 0. The van der Waals surface area contributed by atoms with Crippen molar-refractivity contribution in [1.29, 1.82) is 0 Å². The Morgan fingerprint density at radius 3 is 2.64 bits per heavy atom. The van der Waals surface area contributed by atoms with E-state index in [1.807, 2.05) is 23.1 Å². The van der Waals surface area contributed by atoms with Crippen LogP contribution < -0.4 is 4.90 Å². The molecular formula is C19H19N5O. The fourth-order valence-electron chi connectivity index (χ4n) is 3.25. The molecule has 0 aliphatic carbocycles. The average Bonchev–Trinajstić information content (AvgIpc) is 2.94.